The van der Waals surface area contributed by atoms with Crippen molar-refractivity contribution in [1.82, 2.24) is 10.3 Å². The van der Waals surface area contributed by atoms with E-state index in [0.29, 0.717) is 28.5 Å². The SMILES string of the molecule is CC(=O)OC(C(=O)O)C(OC(C)=O)C(=O)OCC(C)(C)C#Cc1ccc2c(c1)N(C)C(=O)[C@@H](NC(=O)c1cc(Oc3ccccc3)ccn1)CO2. The molecule has 1 aliphatic rings. The highest BCUT2D eigenvalue weighted by Gasteiger charge is 2.41. The molecule has 0 radical (unpaired) electrons. The number of aromatic nitrogens is 1. The molecular weight excluding hydrogens is 666 g/mol. The van der Waals surface area contributed by atoms with E-state index in [9.17, 15) is 33.9 Å². The summed E-state index contributed by atoms with van der Waals surface area (Å²) in [7, 11) is 1.53. The molecule has 266 valence electrons. The van der Waals surface area contributed by atoms with Crippen molar-refractivity contribution in [2.24, 2.45) is 5.41 Å². The topological polar surface area (TPSA) is 197 Å². The van der Waals surface area contributed by atoms with Crippen LogP contribution in [0.25, 0.3) is 0 Å². The second-order valence-electron chi connectivity index (χ2n) is 11.8. The zero-order valence-electron chi connectivity index (χ0n) is 28.3. The number of rotatable bonds is 11. The number of amides is 2. The maximum Gasteiger partial charge on any atom is 0.352 e. The molecule has 51 heavy (non-hydrogen) atoms. The molecule has 2 amide bonds. The third kappa shape index (κ3) is 10.3. The van der Waals surface area contributed by atoms with E-state index < -0.39 is 59.4 Å². The number of nitrogens with one attached hydrogen (secondary N) is 1. The number of esters is 3. The van der Waals surface area contributed by atoms with Crippen LogP contribution in [0.5, 0.6) is 17.2 Å². The van der Waals surface area contributed by atoms with Gasteiger partial charge in [-0.2, -0.15) is 0 Å². The first-order valence-electron chi connectivity index (χ1n) is 15.4. The largest absolute Gasteiger partial charge is 0.489 e. The molecular formula is C36H35N3O12. The van der Waals surface area contributed by atoms with Gasteiger partial charge in [0.25, 0.3) is 11.8 Å². The molecule has 2 unspecified atom stereocenters. The lowest BCUT2D eigenvalue weighted by atomic mass is 9.95. The Morgan fingerprint density at radius 2 is 1.69 bits per heavy atom. The standard InChI is InChI=1S/C36H35N3O12/c1-21(40)49-30(34(44)45)31(50-22(2)41)35(46)48-20-36(3,4)15-13-23-11-12-29-28(17-23)39(5)33(43)27(19-47-29)38-32(42)26-18-25(14-16-37-26)51-24-9-7-6-8-10-24/h6-12,14,16-18,27,30-31H,19-20H2,1-5H3,(H,38,42)(H,44,45)/t27-,30?,31?/m0/s1. The van der Waals surface area contributed by atoms with Crippen LogP contribution in [-0.4, -0.2) is 84.3 Å². The number of pyridine rings is 1. The number of likely N-dealkylation sites (N-methyl/N-ethyl adjacent to an activating group) is 1. The monoisotopic (exact) mass is 701 g/mol. The number of nitrogens with zero attached hydrogens (tertiary/aromatic N) is 2. The van der Waals surface area contributed by atoms with Crippen LogP contribution in [0.15, 0.2) is 66.9 Å². The molecule has 0 spiro atoms. The first-order chi connectivity index (χ1) is 24.1. The molecule has 0 saturated heterocycles. The van der Waals surface area contributed by atoms with Gasteiger partial charge in [0.1, 0.15) is 42.2 Å². The second-order valence-corrected chi connectivity index (χ2v) is 11.8. The Labute approximate surface area is 292 Å². The average molecular weight is 702 g/mol. The number of carbonyl (C=O) groups excluding carboxylic acids is 5. The smallest absolute Gasteiger partial charge is 0.352 e. The van der Waals surface area contributed by atoms with E-state index in [2.05, 4.69) is 26.9 Å². The molecule has 2 heterocycles. The number of para-hydroxylation sites is 1. The molecule has 3 atom stereocenters. The molecule has 15 heteroatoms. The lowest BCUT2D eigenvalue weighted by molar-refractivity contribution is -0.189. The van der Waals surface area contributed by atoms with Gasteiger partial charge >= 0.3 is 23.9 Å². The number of fused-ring (bicyclic) bond motifs is 1. The van der Waals surface area contributed by atoms with Crippen molar-refractivity contribution in [3.63, 3.8) is 0 Å². The summed E-state index contributed by atoms with van der Waals surface area (Å²) in [4.78, 5) is 79.3. The van der Waals surface area contributed by atoms with Gasteiger partial charge in [-0.15, -0.1) is 0 Å². The van der Waals surface area contributed by atoms with Crippen LogP contribution in [-0.2, 0) is 38.2 Å². The second kappa shape index (κ2) is 16.3. The van der Waals surface area contributed by atoms with Gasteiger partial charge in [-0.1, -0.05) is 30.0 Å². The highest BCUT2D eigenvalue weighted by Crippen LogP contribution is 2.32. The van der Waals surface area contributed by atoms with Gasteiger partial charge in [0.05, 0.1) is 11.1 Å². The van der Waals surface area contributed by atoms with E-state index in [1.165, 1.54) is 24.2 Å². The van der Waals surface area contributed by atoms with E-state index in [4.69, 9.17) is 18.9 Å². The Bertz CT molecular complexity index is 1880. The first-order valence-corrected chi connectivity index (χ1v) is 15.4. The molecule has 0 saturated carbocycles. The fourth-order valence-corrected chi connectivity index (χ4v) is 4.58. The number of aliphatic carboxylic acids is 1. The van der Waals surface area contributed by atoms with Gasteiger partial charge < -0.3 is 39.0 Å². The van der Waals surface area contributed by atoms with Crippen LogP contribution in [0.1, 0.15) is 43.7 Å². The van der Waals surface area contributed by atoms with Gasteiger partial charge in [-0.05, 0) is 50.2 Å². The number of carboxylic acid groups (broad SMARTS) is 1. The number of ether oxygens (including phenoxy) is 5. The maximum absolute atomic E-state index is 13.4. The number of benzene rings is 2. The lowest BCUT2D eigenvalue weighted by Gasteiger charge is -2.24. The lowest BCUT2D eigenvalue weighted by Crippen LogP contribution is -2.49. The van der Waals surface area contributed by atoms with Crippen LogP contribution < -0.4 is 19.7 Å². The highest BCUT2D eigenvalue weighted by atomic mass is 16.6. The van der Waals surface area contributed by atoms with Crippen molar-refractivity contribution in [2.75, 3.05) is 25.2 Å². The maximum atomic E-state index is 13.4. The first kappa shape index (κ1) is 37.4. The van der Waals surface area contributed by atoms with E-state index in [-0.39, 0.29) is 18.9 Å². The summed E-state index contributed by atoms with van der Waals surface area (Å²) in [6.07, 6.45) is -2.74. The fourth-order valence-electron chi connectivity index (χ4n) is 4.58. The minimum atomic E-state index is -2.12. The molecule has 1 aromatic heterocycles. The molecule has 3 aromatic rings. The van der Waals surface area contributed by atoms with E-state index in [0.717, 1.165) is 13.8 Å². The fraction of sp³-hybridized carbons (Fsp3) is 0.306. The van der Waals surface area contributed by atoms with Crippen LogP contribution in [0.3, 0.4) is 0 Å². The summed E-state index contributed by atoms with van der Waals surface area (Å²) in [5.41, 5.74) is -0.107. The van der Waals surface area contributed by atoms with Crippen molar-refractivity contribution >= 4 is 41.4 Å². The summed E-state index contributed by atoms with van der Waals surface area (Å²) in [5.74, 6) is 1.24. The summed E-state index contributed by atoms with van der Waals surface area (Å²) >= 11 is 0. The van der Waals surface area contributed by atoms with Crippen molar-refractivity contribution in [2.45, 2.75) is 45.9 Å². The van der Waals surface area contributed by atoms with E-state index >= 15 is 0 Å². The highest BCUT2D eigenvalue weighted by molar-refractivity contribution is 6.03. The number of hydrogen-bond acceptors (Lipinski definition) is 12. The third-order valence-corrected chi connectivity index (χ3v) is 7.06. The molecule has 0 bridgehead atoms. The zero-order valence-corrected chi connectivity index (χ0v) is 28.3. The molecule has 0 fully saturated rings. The summed E-state index contributed by atoms with van der Waals surface area (Å²) < 4.78 is 26.4. The molecule has 0 aliphatic carbocycles. The minimum absolute atomic E-state index is 0.0412. The molecule has 2 aromatic carbocycles. The minimum Gasteiger partial charge on any atom is -0.489 e. The number of carbonyl (C=O) groups is 6. The molecule has 15 nitrogen and oxygen atoms in total. The molecule has 4 rings (SSSR count). The van der Waals surface area contributed by atoms with E-state index in [1.807, 2.05) is 18.2 Å². The third-order valence-electron chi connectivity index (χ3n) is 7.06. The predicted molar refractivity (Wildman–Crippen MR) is 178 cm³/mol. The van der Waals surface area contributed by atoms with Gasteiger partial charge in [0.2, 0.25) is 12.2 Å². The van der Waals surface area contributed by atoms with Crippen LogP contribution in [0.4, 0.5) is 5.69 Å². The number of hydrogen-bond donors (Lipinski definition) is 2. The van der Waals surface area contributed by atoms with Crippen molar-refractivity contribution in [3.8, 4) is 29.1 Å². The normalized spacial score (nSPS) is 14.9. The number of anilines is 1. The Morgan fingerprint density at radius 3 is 2.35 bits per heavy atom. The van der Waals surface area contributed by atoms with Crippen LogP contribution in [0.2, 0.25) is 0 Å². The zero-order chi connectivity index (χ0) is 37.3. The van der Waals surface area contributed by atoms with E-state index in [1.54, 1.807) is 50.2 Å². The Hall–Kier alpha value is -6.43. The number of carboxylic acids is 1. The quantitative estimate of drug-likeness (QED) is 0.168. The average Bonchev–Trinajstić information content (AvgIpc) is 3.20. The summed E-state index contributed by atoms with van der Waals surface area (Å²) in [6.45, 7) is 4.67. The predicted octanol–water partition coefficient (Wildman–Crippen LogP) is 2.90. The van der Waals surface area contributed by atoms with Crippen molar-refractivity contribution in [3.05, 3.63) is 78.1 Å². The van der Waals surface area contributed by atoms with Crippen LogP contribution >= 0.6 is 0 Å². The van der Waals surface area contributed by atoms with Crippen molar-refractivity contribution < 1.29 is 57.6 Å². The Balaban J connectivity index is 1.42. The Kier molecular flexibility index (Phi) is 12.0. The summed E-state index contributed by atoms with van der Waals surface area (Å²) in [5, 5.41) is 12.1. The van der Waals surface area contributed by atoms with Gasteiger partial charge in [-0.25, -0.2) is 9.59 Å². The summed E-state index contributed by atoms with van der Waals surface area (Å²) in [6, 6.07) is 15.9. The van der Waals surface area contributed by atoms with Crippen LogP contribution in [0, 0.1) is 17.3 Å². The van der Waals surface area contributed by atoms with Gasteiger partial charge in [0.15, 0.2) is 0 Å². The van der Waals surface area contributed by atoms with Gasteiger partial charge in [0, 0.05) is 38.7 Å². The Morgan fingerprint density at radius 1 is 1.00 bits per heavy atom. The molecule has 2 N–H and O–H groups in total. The van der Waals surface area contributed by atoms with Gasteiger partial charge in [-0.3, -0.25) is 24.2 Å². The molecule has 1 aliphatic heterocycles. The van der Waals surface area contributed by atoms with Crippen molar-refractivity contribution in [1.29, 1.82) is 0 Å².